The number of rotatable bonds is 1. The van der Waals surface area contributed by atoms with Gasteiger partial charge in [-0.25, -0.2) is 0 Å². The van der Waals surface area contributed by atoms with Gasteiger partial charge in [-0.3, -0.25) is 0 Å². The molecule has 2 heteroatoms. The van der Waals surface area contributed by atoms with Crippen molar-refractivity contribution < 1.29 is 4.57 Å². The molecule has 34 heavy (non-hydrogen) atoms. The van der Waals surface area contributed by atoms with Crippen LogP contribution in [0.25, 0.3) is 38.7 Å². The van der Waals surface area contributed by atoms with E-state index in [0.29, 0.717) is 0 Å². The van der Waals surface area contributed by atoms with Gasteiger partial charge in [0.05, 0.1) is 30.0 Å². The SMILES string of the molecule is Cc1cc(C#N)cc(C)c1-c1c2c(cc3ccccc13)Cc1c-2ccc2[n+]1-c1ccccc1C2. The van der Waals surface area contributed by atoms with Gasteiger partial charge >= 0.3 is 0 Å². The van der Waals surface area contributed by atoms with Crippen LogP contribution >= 0.6 is 0 Å². The van der Waals surface area contributed by atoms with Crippen molar-refractivity contribution in [1.82, 2.24) is 0 Å². The number of fused-ring (bicyclic) bond motifs is 8. The van der Waals surface area contributed by atoms with E-state index in [4.69, 9.17) is 0 Å². The molecule has 0 unspecified atom stereocenters. The van der Waals surface area contributed by atoms with Gasteiger partial charge < -0.3 is 0 Å². The second kappa shape index (κ2) is 6.89. The van der Waals surface area contributed by atoms with Crippen molar-refractivity contribution in [3.63, 3.8) is 0 Å². The topological polar surface area (TPSA) is 27.7 Å². The molecule has 1 aliphatic heterocycles. The number of para-hydroxylation sites is 1. The van der Waals surface area contributed by atoms with Crippen molar-refractivity contribution in [2.45, 2.75) is 26.7 Å². The van der Waals surface area contributed by atoms with E-state index in [-0.39, 0.29) is 0 Å². The first-order chi connectivity index (χ1) is 16.6. The summed E-state index contributed by atoms with van der Waals surface area (Å²) in [5, 5.41) is 12.1. The minimum absolute atomic E-state index is 0.723. The Morgan fingerprint density at radius 1 is 0.735 bits per heavy atom. The molecule has 4 aromatic carbocycles. The average molecular weight is 436 g/mol. The quantitative estimate of drug-likeness (QED) is 0.262. The maximum atomic E-state index is 9.52. The highest BCUT2D eigenvalue weighted by Crippen LogP contribution is 2.48. The van der Waals surface area contributed by atoms with Gasteiger partial charge in [0, 0.05) is 23.3 Å². The van der Waals surface area contributed by atoms with E-state index in [9.17, 15) is 5.26 Å². The summed E-state index contributed by atoms with van der Waals surface area (Å²) in [6.07, 6.45) is 1.92. The van der Waals surface area contributed by atoms with Crippen molar-refractivity contribution in [2.24, 2.45) is 0 Å². The van der Waals surface area contributed by atoms with Crippen LogP contribution in [0.5, 0.6) is 0 Å². The highest BCUT2D eigenvalue weighted by molar-refractivity contribution is 6.08. The second-order valence-corrected chi connectivity index (χ2v) is 9.61. The number of aromatic nitrogens is 1. The van der Waals surface area contributed by atoms with Crippen molar-refractivity contribution in [3.8, 4) is 34.0 Å². The minimum atomic E-state index is 0.723. The average Bonchev–Trinajstić information content (AvgIpc) is 3.40. The Balaban J connectivity index is 1.59. The summed E-state index contributed by atoms with van der Waals surface area (Å²) in [6, 6.07) is 30.9. The molecule has 0 saturated heterocycles. The third-order valence-corrected chi connectivity index (χ3v) is 7.58. The fraction of sp³-hybridized carbons (Fsp3) is 0.125. The molecule has 160 valence electrons. The van der Waals surface area contributed by atoms with Gasteiger partial charge in [0.1, 0.15) is 0 Å². The Hall–Kier alpha value is -4.22. The summed E-state index contributed by atoms with van der Waals surface area (Å²) >= 11 is 0. The smallest absolute Gasteiger partial charge is 0.192 e. The van der Waals surface area contributed by atoms with Crippen LogP contribution in [0.1, 0.15) is 39.2 Å². The third kappa shape index (κ3) is 2.53. The van der Waals surface area contributed by atoms with E-state index in [1.54, 1.807) is 0 Å². The summed E-state index contributed by atoms with van der Waals surface area (Å²) in [5.41, 5.74) is 15.1. The molecule has 0 N–H and O–H groups in total. The van der Waals surface area contributed by atoms with Crippen LogP contribution in [0.4, 0.5) is 0 Å². The van der Waals surface area contributed by atoms with Crippen LogP contribution in [0, 0.1) is 25.2 Å². The first kappa shape index (κ1) is 19.3. The Labute approximate surface area is 199 Å². The lowest BCUT2D eigenvalue weighted by Gasteiger charge is -2.18. The number of benzene rings is 4. The fourth-order valence-corrected chi connectivity index (χ4v) is 6.27. The fourth-order valence-electron chi connectivity index (χ4n) is 6.27. The Morgan fingerprint density at radius 2 is 1.50 bits per heavy atom. The molecule has 0 atom stereocenters. The van der Waals surface area contributed by atoms with Gasteiger partial charge in [0.25, 0.3) is 0 Å². The van der Waals surface area contributed by atoms with E-state index < -0.39 is 0 Å². The van der Waals surface area contributed by atoms with Gasteiger partial charge in [0.2, 0.25) is 5.69 Å². The van der Waals surface area contributed by atoms with E-state index >= 15 is 0 Å². The number of pyridine rings is 1. The standard InChI is InChI=1S/C32H23N2/c1-19-13-21(18-33)14-20(2)30(19)32-26-9-5-3-7-22(26)15-24-17-29-27(31(24)32)12-11-25-16-23-8-4-6-10-28(23)34(25)29/h3-15H,16-17H2,1-2H3/q+1. The predicted octanol–water partition coefficient (Wildman–Crippen LogP) is 6.75. The molecule has 0 amide bonds. The molecule has 2 aliphatic rings. The van der Waals surface area contributed by atoms with Crippen molar-refractivity contribution in [1.29, 1.82) is 5.26 Å². The summed E-state index contributed by atoms with van der Waals surface area (Å²) in [5.74, 6) is 0. The van der Waals surface area contributed by atoms with Crippen LogP contribution in [0.2, 0.25) is 0 Å². The summed E-state index contributed by atoms with van der Waals surface area (Å²) in [7, 11) is 0. The van der Waals surface area contributed by atoms with Gasteiger partial charge in [-0.15, -0.1) is 0 Å². The molecule has 1 aliphatic carbocycles. The summed E-state index contributed by atoms with van der Waals surface area (Å²) in [4.78, 5) is 0. The molecule has 5 aromatic rings. The first-order valence-corrected chi connectivity index (χ1v) is 11.9. The van der Waals surface area contributed by atoms with Crippen LogP contribution in [0.15, 0.2) is 78.9 Å². The van der Waals surface area contributed by atoms with Gasteiger partial charge in [-0.05, 0) is 76.7 Å². The predicted molar refractivity (Wildman–Crippen MR) is 136 cm³/mol. The Bertz CT molecular complexity index is 1710. The van der Waals surface area contributed by atoms with Crippen molar-refractivity contribution in [3.05, 3.63) is 118 Å². The largest absolute Gasteiger partial charge is 0.214 e. The molecule has 1 aromatic heterocycles. The maximum Gasteiger partial charge on any atom is 0.214 e. The van der Waals surface area contributed by atoms with E-state index in [1.807, 2.05) is 12.1 Å². The second-order valence-electron chi connectivity index (χ2n) is 9.61. The molecule has 0 bridgehead atoms. The van der Waals surface area contributed by atoms with Gasteiger partial charge in [-0.2, -0.15) is 9.83 Å². The number of nitriles is 1. The van der Waals surface area contributed by atoms with E-state index in [1.165, 1.54) is 61.2 Å². The molecule has 7 rings (SSSR count). The zero-order valence-electron chi connectivity index (χ0n) is 19.3. The van der Waals surface area contributed by atoms with Crippen LogP contribution in [-0.4, -0.2) is 0 Å². The summed E-state index contributed by atoms with van der Waals surface area (Å²) < 4.78 is 2.50. The number of hydrogen-bond acceptors (Lipinski definition) is 1. The Kier molecular flexibility index (Phi) is 3.90. The first-order valence-electron chi connectivity index (χ1n) is 11.9. The number of nitrogens with zero attached hydrogens (tertiary/aromatic N) is 2. The lowest BCUT2D eigenvalue weighted by molar-refractivity contribution is -0.604. The van der Waals surface area contributed by atoms with Crippen molar-refractivity contribution in [2.75, 3.05) is 0 Å². The number of aryl methyl sites for hydroxylation is 2. The highest BCUT2D eigenvalue weighted by Gasteiger charge is 2.37. The van der Waals surface area contributed by atoms with Crippen LogP contribution < -0.4 is 4.57 Å². The molecule has 0 fully saturated rings. The zero-order valence-corrected chi connectivity index (χ0v) is 19.3. The van der Waals surface area contributed by atoms with Crippen LogP contribution in [-0.2, 0) is 12.8 Å². The molecular weight excluding hydrogens is 412 g/mol. The molecule has 0 saturated carbocycles. The zero-order chi connectivity index (χ0) is 23.0. The summed E-state index contributed by atoms with van der Waals surface area (Å²) in [6.45, 7) is 4.28. The van der Waals surface area contributed by atoms with Gasteiger partial charge in [0.15, 0.2) is 11.4 Å². The lowest BCUT2D eigenvalue weighted by atomic mass is 9.85. The Morgan fingerprint density at radius 3 is 2.32 bits per heavy atom. The number of hydrogen-bond donors (Lipinski definition) is 0. The lowest BCUT2D eigenvalue weighted by Crippen LogP contribution is -2.36. The molecule has 2 heterocycles. The van der Waals surface area contributed by atoms with Gasteiger partial charge in [-0.1, -0.05) is 42.5 Å². The third-order valence-electron chi connectivity index (χ3n) is 7.58. The maximum absolute atomic E-state index is 9.52. The highest BCUT2D eigenvalue weighted by atomic mass is 15.0. The van der Waals surface area contributed by atoms with E-state index in [0.717, 1.165) is 29.5 Å². The monoisotopic (exact) mass is 435 g/mol. The van der Waals surface area contributed by atoms with Crippen LogP contribution in [0.3, 0.4) is 0 Å². The molecule has 0 spiro atoms. The molecular formula is C32H23N2+. The molecule has 2 nitrogen and oxygen atoms in total. The van der Waals surface area contributed by atoms with Crippen molar-refractivity contribution >= 4 is 10.8 Å². The normalized spacial score (nSPS) is 12.7. The molecule has 0 radical (unpaired) electrons. The minimum Gasteiger partial charge on any atom is -0.192 e. The van der Waals surface area contributed by atoms with E-state index in [2.05, 4.69) is 91.2 Å².